The lowest BCUT2D eigenvalue weighted by atomic mass is 9.72. The molecule has 17 heavy (non-hydrogen) atoms. The third-order valence-electron chi connectivity index (χ3n) is 3.34. The van der Waals surface area contributed by atoms with Gasteiger partial charge >= 0.3 is 0 Å². The maximum atomic E-state index is 11.4. The molecule has 0 bridgehead atoms. The van der Waals surface area contributed by atoms with Crippen LogP contribution in [0.4, 0.5) is 0 Å². The van der Waals surface area contributed by atoms with E-state index in [9.17, 15) is 4.79 Å². The smallest absolute Gasteiger partial charge is 0.243 e. The number of carbonyl (C=O) groups excluding carboxylic acids is 1. The summed E-state index contributed by atoms with van der Waals surface area (Å²) in [6, 6.07) is 7.81. The SMILES string of the molecule is C=CC(=O)NC1(Cc2ccc(Cl)cc2)CCC1. The quantitative estimate of drug-likeness (QED) is 0.817. The highest BCUT2D eigenvalue weighted by Crippen LogP contribution is 2.35. The van der Waals surface area contributed by atoms with Gasteiger partial charge in [0.05, 0.1) is 0 Å². The van der Waals surface area contributed by atoms with Crippen LogP contribution in [0.1, 0.15) is 24.8 Å². The lowest BCUT2D eigenvalue weighted by molar-refractivity contribution is -0.119. The zero-order valence-electron chi connectivity index (χ0n) is 9.71. The second kappa shape index (κ2) is 4.92. The summed E-state index contributed by atoms with van der Waals surface area (Å²) in [5, 5.41) is 3.79. The predicted octanol–water partition coefficient (Wildman–Crippen LogP) is 3.11. The molecule has 90 valence electrons. The van der Waals surface area contributed by atoms with Crippen molar-refractivity contribution in [2.75, 3.05) is 0 Å². The standard InChI is InChI=1S/C14H16ClNO/c1-2-13(17)16-14(8-3-9-14)10-11-4-6-12(15)7-5-11/h2,4-7H,1,3,8-10H2,(H,16,17). The minimum atomic E-state index is -0.0846. The number of rotatable bonds is 4. The Hall–Kier alpha value is -1.28. The van der Waals surface area contributed by atoms with E-state index in [4.69, 9.17) is 11.6 Å². The molecule has 1 aromatic rings. The first-order chi connectivity index (χ1) is 8.13. The third-order valence-corrected chi connectivity index (χ3v) is 3.59. The third kappa shape index (κ3) is 2.89. The zero-order valence-corrected chi connectivity index (χ0v) is 10.5. The van der Waals surface area contributed by atoms with Crippen LogP contribution in [0.25, 0.3) is 0 Å². The Kier molecular flexibility index (Phi) is 3.53. The summed E-state index contributed by atoms with van der Waals surface area (Å²) in [6.45, 7) is 3.49. The van der Waals surface area contributed by atoms with Crippen LogP contribution < -0.4 is 5.32 Å². The molecule has 1 saturated carbocycles. The van der Waals surface area contributed by atoms with Gasteiger partial charge < -0.3 is 5.32 Å². The van der Waals surface area contributed by atoms with E-state index in [2.05, 4.69) is 11.9 Å². The van der Waals surface area contributed by atoms with Crippen molar-refractivity contribution in [2.24, 2.45) is 0 Å². The van der Waals surface area contributed by atoms with E-state index in [1.807, 2.05) is 24.3 Å². The summed E-state index contributed by atoms with van der Waals surface area (Å²) in [5.74, 6) is -0.0846. The molecule has 0 unspecified atom stereocenters. The molecule has 0 saturated heterocycles. The molecule has 0 radical (unpaired) electrons. The van der Waals surface area contributed by atoms with E-state index in [1.54, 1.807) is 0 Å². The Labute approximate surface area is 107 Å². The van der Waals surface area contributed by atoms with Crippen molar-refractivity contribution >= 4 is 17.5 Å². The minimum absolute atomic E-state index is 0.0703. The van der Waals surface area contributed by atoms with Crippen molar-refractivity contribution in [3.63, 3.8) is 0 Å². The summed E-state index contributed by atoms with van der Waals surface area (Å²) in [5.41, 5.74) is 1.14. The summed E-state index contributed by atoms with van der Waals surface area (Å²) >= 11 is 5.85. The number of hydrogen-bond donors (Lipinski definition) is 1. The minimum Gasteiger partial charge on any atom is -0.347 e. The Balaban J connectivity index is 2.06. The normalized spacial score (nSPS) is 17.0. The fourth-order valence-corrected chi connectivity index (χ4v) is 2.38. The Morgan fingerprint density at radius 3 is 2.53 bits per heavy atom. The summed E-state index contributed by atoms with van der Waals surface area (Å²) in [4.78, 5) is 11.4. The van der Waals surface area contributed by atoms with Crippen LogP contribution in [0, 0.1) is 0 Å². The predicted molar refractivity (Wildman–Crippen MR) is 70.1 cm³/mol. The van der Waals surface area contributed by atoms with Gasteiger partial charge in [0.2, 0.25) is 5.91 Å². The number of benzene rings is 1. The van der Waals surface area contributed by atoms with E-state index in [0.717, 1.165) is 24.3 Å². The maximum absolute atomic E-state index is 11.4. The highest BCUT2D eigenvalue weighted by atomic mass is 35.5. The van der Waals surface area contributed by atoms with Crippen molar-refractivity contribution in [3.8, 4) is 0 Å². The van der Waals surface area contributed by atoms with Crippen molar-refractivity contribution in [2.45, 2.75) is 31.2 Å². The molecule has 0 atom stereocenters. The second-order valence-corrected chi connectivity index (χ2v) is 5.07. The molecule has 0 heterocycles. The van der Waals surface area contributed by atoms with Gasteiger partial charge in [0.15, 0.2) is 0 Å². The van der Waals surface area contributed by atoms with Crippen LogP contribution in [0.2, 0.25) is 5.02 Å². The number of hydrogen-bond acceptors (Lipinski definition) is 1. The van der Waals surface area contributed by atoms with Gasteiger partial charge in [0.25, 0.3) is 0 Å². The molecule has 1 aliphatic rings. The van der Waals surface area contributed by atoms with Crippen LogP contribution in [-0.4, -0.2) is 11.4 Å². The number of halogens is 1. The molecule has 1 N–H and O–H groups in total. The van der Waals surface area contributed by atoms with Gasteiger partial charge in [0, 0.05) is 10.6 Å². The van der Waals surface area contributed by atoms with Crippen molar-refractivity contribution < 1.29 is 4.79 Å². The summed E-state index contributed by atoms with van der Waals surface area (Å²) in [6.07, 6.45) is 5.45. The molecular formula is C14H16ClNO. The Morgan fingerprint density at radius 1 is 1.41 bits per heavy atom. The van der Waals surface area contributed by atoms with E-state index >= 15 is 0 Å². The lowest BCUT2D eigenvalue weighted by Crippen LogP contribution is -2.54. The van der Waals surface area contributed by atoms with Gasteiger partial charge in [-0.05, 0) is 49.5 Å². The molecule has 3 heteroatoms. The maximum Gasteiger partial charge on any atom is 0.243 e. The van der Waals surface area contributed by atoms with Gasteiger partial charge in [-0.1, -0.05) is 30.3 Å². The van der Waals surface area contributed by atoms with E-state index in [1.165, 1.54) is 18.1 Å². The molecule has 0 aliphatic heterocycles. The van der Waals surface area contributed by atoms with Crippen molar-refractivity contribution in [1.29, 1.82) is 0 Å². The average Bonchev–Trinajstić information content (AvgIpc) is 2.29. The molecule has 2 nitrogen and oxygen atoms in total. The lowest BCUT2D eigenvalue weighted by Gasteiger charge is -2.42. The monoisotopic (exact) mass is 249 g/mol. The van der Waals surface area contributed by atoms with Gasteiger partial charge in [-0.15, -0.1) is 0 Å². The average molecular weight is 250 g/mol. The van der Waals surface area contributed by atoms with E-state index in [-0.39, 0.29) is 11.4 Å². The topological polar surface area (TPSA) is 29.1 Å². The molecule has 1 aliphatic carbocycles. The molecule has 1 fully saturated rings. The molecule has 0 spiro atoms. The zero-order chi connectivity index (χ0) is 12.3. The summed E-state index contributed by atoms with van der Waals surface area (Å²) < 4.78 is 0. The highest BCUT2D eigenvalue weighted by Gasteiger charge is 2.37. The molecule has 0 aromatic heterocycles. The Bertz CT molecular complexity index is 420. The van der Waals surface area contributed by atoms with Crippen LogP contribution in [0.3, 0.4) is 0 Å². The van der Waals surface area contributed by atoms with Gasteiger partial charge in [-0.2, -0.15) is 0 Å². The number of amides is 1. The van der Waals surface area contributed by atoms with Crippen LogP contribution >= 0.6 is 11.6 Å². The first-order valence-corrected chi connectivity index (χ1v) is 6.20. The van der Waals surface area contributed by atoms with Crippen LogP contribution in [-0.2, 0) is 11.2 Å². The fraction of sp³-hybridized carbons (Fsp3) is 0.357. The highest BCUT2D eigenvalue weighted by molar-refractivity contribution is 6.30. The number of nitrogens with one attached hydrogen (secondary N) is 1. The van der Waals surface area contributed by atoms with Crippen LogP contribution in [0.5, 0.6) is 0 Å². The molecule has 1 aromatic carbocycles. The molecular weight excluding hydrogens is 234 g/mol. The van der Waals surface area contributed by atoms with Gasteiger partial charge in [-0.3, -0.25) is 4.79 Å². The fourth-order valence-electron chi connectivity index (χ4n) is 2.25. The largest absolute Gasteiger partial charge is 0.347 e. The van der Waals surface area contributed by atoms with Crippen molar-refractivity contribution in [1.82, 2.24) is 5.32 Å². The summed E-state index contributed by atoms with van der Waals surface area (Å²) in [7, 11) is 0. The van der Waals surface area contributed by atoms with Crippen LogP contribution in [0.15, 0.2) is 36.9 Å². The number of carbonyl (C=O) groups is 1. The second-order valence-electron chi connectivity index (χ2n) is 4.63. The van der Waals surface area contributed by atoms with E-state index in [0.29, 0.717) is 0 Å². The Morgan fingerprint density at radius 2 is 2.06 bits per heavy atom. The van der Waals surface area contributed by atoms with Gasteiger partial charge in [-0.25, -0.2) is 0 Å². The van der Waals surface area contributed by atoms with Crippen molar-refractivity contribution in [3.05, 3.63) is 47.5 Å². The first kappa shape index (κ1) is 12.2. The first-order valence-electron chi connectivity index (χ1n) is 5.83. The van der Waals surface area contributed by atoms with Gasteiger partial charge in [0.1, 0.15) is 0 Å². The van der Waals surface area contributed by atoms with E-state index < -0.39 is 0 Å². The molecule has 2 rings (SSSR count). The molecule has 1 amide bonds.